The van der Waals surface area contributed by atoms with Crippen LogP contribution in [-0.2, 0) is 6.42 Å². The molecular weight excluding hydrogens is 261 g/mol. The van der Waals surface area contributed by atoms with Crippen LogP contribution < -0.4 is 0 Å². The van der Waals surface area contributed by atoms with Gasteiger partial charge in [0.25, 0.3) is 0 Å². The molecule has 0 radical (unpaired) electrons. The third-order valence-corrected chi connectivity index (χ3v) is 3.17. The van der Waals surface area contributed by atoms with Crippen LogP contribution in [0.1, 0.15) is 17.0 Å². The molecule has 5 heteroatoms. The zero-order chi connectivity index (χ0) is 14.5. The van der Waals surface area contributed by atoms with Crippen LogP contribution in [0.3, 0.4) is 0 Å². The van der Waals surface area contributed by atoms with Gasteiger partial charge in [-0.15, -0.1) is 0 Å². The van der Waals surface area contributed by atoms with E-state index in [-0.39, 0.29) is 18.7 Å². The van der Waals surface area contributed by atoms with E-state index in [0.29, 0.717) is 11.1 Å². The van der Waals surface area contributed by atoms with E-state index in [0.717, 1.165) is 0 Å². The largest absolute Gasteiger partial charge is 0.508 e. The minimum Gasteiger partial charge on any atom is -0.508 e. The van der Waals surface area contributed by atoms with Crippen molar-refractivity contribution in [3.8, 4) is 5.75 Å². The molecule has 1 unspecified atom stereocenters. The van der Waals surface area contributed by atoms with Crippen LogP contribution in [0.4, 0.5) is 4.39 Å². The van der Waals surface area contributed by atoms with E-state index in [2.05, 4.69) is 0 Å². The van der Waals surface area contributed by atoms with Crippen molar-refractivity contribution in [2.45, 2.75) is 12.3 Å². The average Bonchev–Trinajstić information content (AvgIpc) is 2.40. The van der Waals surface area contributed by atoms with Crippen LogP contribution in [0.15, 0.2) is 48.5 Å². The van der Waals surface area contributed by atoms with Crippen molar-refractivity contribution in [1.29, 1.82) is 0 Å². The number of benzene rings is 2. The van der Waals surface area contributed by atoms with Crippen LogP contribution in [-0.4, -0.2) is 16.6 Å². The maximum atomic E-state index is 13.7. The molecule has 0 spiro atoms. The molecule has 0 heterocycles. The fourth-order valence-electron chi connectivity index (χ4n) is 2.21. The summed E-state index contributed by atoms with van der Waals surface area (Å²) in [4.78, 5) is 10.4. The Hall–Kier alpha value is -2.43. The SMILES string of the molecule is O=[N+]([O-])CC(Cc1ccccc1F)c1ccccc1O. The van der Waals surface area contributed by atoms with Gasteiger partial charge in [0.2, 0.25) is 6.54 Å². The molecule has 0 fully saturated rings. The molecule has 0 aliphatic rings. The van der Waals surface area contributed by atoms with E-state index >= 15 is 0 Å². The molecule has 0 bridgehead atoms. The first-order valence-electron chi connectivity index (χ1n) is 6.21. The molecule has 0 saturated carbocycles. The Bertz CT molecular complexity index is 616. The summed E-state index contributed by atoms with van der Waals surface area (Å²) in [5, 5.41) is 20.6. The number of hydrogen-bond acceptors (Lipinski definition) is 3. The molecule has 2 aromatic carbocycles. The number of nitrogens with zero attached hydrogens (tertiary/aromatic N) is 1. The lowest BCUT2D eigenvalue weighted by Gasteiger charge is -2.15. The molecule has 1 N–H and O–H groups in total. The standard InChI is InChI=1S/C15H14FNO3/c16-14-7-3-1-5-11(14)9-12(10-17(19)20)13-6-2-4-8-15(13)18/h1-8,12,18H,9-10H2. The van der Waals surface area contributed by atoms with Gasteiger partial charge in [0.15, 0.2) is 0 Å². The summed E-state index contributed by atoms with van der Waals surface area (Å²) in [6.07, 6.45) is 0.172. The van der Waals surface area contributed by atoms with E-state index < -0.39 is 16.7 Å². The predicted octanol–water partition coefficient (Wildman–Crippen LogP) is 3.13. The molecule has 4 nitrogen and oxygen atoms in total. The monoisotopic (exact) mass is 275 g/mol. The first kappa shape index (κ1) is 14.0. The number of phenols is 1. The molecule has 104 valence electrons. The lowest BCUT2D eigenvalue weighted by Crippen LogP contribution is -2.15. The van der Waals surface area contributed by atoms with Gasteiger partial charge in [-0.25, -0.2) is 4.39 Å². The van der Waals surface area contributed by atoms with Crippen molar-refractivity contribution in [1.82, 2.24) is 0 Å². The summed E-state index contributed by atoms with van der Waals surface area (Å²) < 4.78 is 13.7. The first-order chi connectivity index (χ1) is 9.58. The number of halogens is 1. The molecule has 0 aliphatic heterocycles. The maximum Gasteiger partial charge on any atom is 0.211 e. The minimum atomic E-state index is -0.567. The van der Waals surface area contributed by atoms with Crippen molar-refractivity contribution in [3.05, 3.63) is 75.6 Å². The first-order valence-corrected chi connectivity index (χ1v) is 6.21. The zero-order valence-corrected chi connectivity index (χ0v) is 10.7. The molecule has 2 aromatic rings. The molecule has 20 heavy (non-hydrogen) atoms. The van der Waals surface area contributed by atoms with Crippen molar-refractivity contribution in [2.75, 3.05) is 6.54 Å². The second-order valence-electron chi connectivity index (χ2n) is 4.57. The second-order valence-corrected chi connectivity index (χ2v) is 4.57. The fraction of sp³-hybridized carbons (Fsp3) is 0.200. The summed E-state index contributed by atoms with van der Waals surface area (Å²) in [5.41, 5.74) is 0.870. The third-order valence-electron chi connectivity index (χ3n) is 3.17. The smallest absolute Gasteiger partial charge is 0.211 e. The summed E-state index contributed by atoms with van der Waals surface area (Å²) in [5.74, 6) is -0.963. The molecule has 0 aromatic heterocycles. The number of rotatable bonds is 5. The molecular formula is C15H14FNO3. The Morgan fingerprint density at radius 3 is 2.45 bits per heavy atom. The fourth-order valence-corrected chi connectivity index (χ4v) is 2.21. The van der Waals surface area contributed by atoms with Crippen molar-refractivity contribution < 1.29 is 14.4 Å². The highest BCUT2D eigenvalue weighted by Crippen LogP contribution is 2.29. The van der Waals surface area contributed by atoms with Gasteiger partial charge in [0.1, 0.15) is 11.6 Å². The van der Waals surface area contributed by atoms with Crippen LogP contribution in [0.25, 0.3) is 0 Å². The lowest BCUT2D eigenvalue weighted by molar-refractivity contribution is -0.483. The van der Waals surface area contributed by atoms with Gasteiger partial charge in [0, 0.05) is 10.5 Å². The summed E-state index contributed by atoms with van der Waals surface area (Å²) >= 11 is 0. The molecule has 2 rings (SSSR count). The van der Waals surface area contributed by atoms with Crippen LogP contribution in [0.5, 0.6) is 5.75 Å². The zero-order valence-electron chi connectivity index (χ0n) is 10.7. The van der Waals surface area contributed by atoms with Crippen molar-refractivity contribution >= 4 is 0 Å². The van der Waals surface area contributed by atoms with E-state index in [1.165, 1.54) is 12.1 Å². The van der Waals surface area contributed by atoms with Gasteiger partial charge in [0.05, 0.1) is 5.92 Å². The second kappa shape index (κ2) is 6.14. The van der Waals surface area contributed by atoms with Gasteiger partial charge in [-0.3, -0.25) is 10.1 Å². The summed E-state index contributed by atoms with van der Waals surface area (Å²) in [6, 6.07) is 12.6. The van der Waals surface area contributed by atoms with Crippen molar-refractivity contribution in [2.24, 2.45) is 0 Å². The van der Waals surface area contributed by atoms with Crippen LogP contribution in [0.2, 0.25) is 0 Å². The Labute approximate surface area is 115 Å². The highest BCUT2D eigenvalue weighted by Gasteiger charge is 2.22. The quantitative estimate of drug-likeness (QED) is 0.673. The number of nitro groups is 1. The Morgan fingerprint density at radius 2 is 1.80 bits per heavy atom. The summed E-state index contributed by atoms with van der Waals surface area (Å²) in [7, 11) is 0. The third kappa shape index (κ3) is 3.32. The number of aromatic hydroxyl groups is 1. The molecule has 0 aliphatic carbocycles. The van der Waals surface area contributed by atoms with E-state index in [9.17, 15) is 19.6 Å². The predicted molar refractivity (Wildman–Crippen MR) is 72.8 cm³/mol. The molecule has 0 amide bonds. The molecule has 0 saturated heterocycles. The Kier molecular flexibility index (Phi) is 4.30. The number of hydrogen-bond donors (Lipinski definition) is 1. The van der Waals surface area contributed by atoms with Gasteiger partial charge in [-0.1, -0.05) is 36.4 Å². The van der Waals surface area contributed by atoms with Gasteiger partial charge in [-0.05, 0) is 24.1 Å². The topological polar surface area (TPSA) is 63.4 Å². The number of phenolic OH excluding ortho intramolecular Hbond substituents is 1. The van der Waals surface area contributed by atoms with Gasteiger partial charge < -0.3 is 5.11 Å². The van der Waals surface area contributed by atoms with Crippen molar-refractivity contribution in [3.63, 3.8) is 0 Å². The normalized spacial score (nSPS) is 12.1. The van der Waals surface area contributed by atoms with Crippen LogP contribution in [0, 0.1) is 15.9 Å². The highest BCUT2D eigenvalue weighted by molar-refractivity contribution is 5.36. The van der Waals surface area contributed by atoms with Gasteiger partial charge >= 0.3 is 0 Å². The highest BCUT2D eigenvalue weighted by atomic mass is 19.1. The Morgan fingerprint density at radius 1 is 1.15 bits per heavy atom. The van der Waals surface area contributed by atoms with Crippen LogP contribution >= 0.6 is 0 Å². The van der Waals surface area contributed by atoms with E-state index in [4.69, 9.17) is 0 Å². The van der Waals surface area contributed by atoms with E-state index in [1.54, 1.807) is 36.4 Å². The number of para-hydroxylation sites is 1. The lowest BCUT2D eigenvalue weighted by atomic mass is 9.91. The van der Waals surface area contributed by atoms with E-state index in [1.807, 2.05) is 0 Å². The average molecular weight is 275 g/mol. The molecule has 1 atom stereocenters. The summed E-state index contributed by atoms with van der Waals surface area (Å²) in [6.45, 7) is -0.355. The maximum absolute atomic E-state index is 13.7. The minimum absolute atomic E-state index is 0.00399. The van der Waals surface area contributed by atoms with Gasteiger partial charge in [-0.2, -0.15) is 0 Å². The Balaban J connectivity index is 2.32.